The van der Waals surface area contributed by atoms with Gasteiger partial charge < -0.3 is 20.5 Å². The number of hydrogen-bond acceptors (Lipinski definition) is 7. The molecule has 2 spiro atoms. The lowest BCUT2D eigenvalue weighted by Gasteiger charge is -2.50. The highest BCUT2D eigenvalue weighted by Crippen LogP contribution is 2.51. The zero-order valence-electron chi connectivity index (χ0n) is 34.3. The van der Waals surface area contributed by atoms with Crippen LogP contribution in [0.3, 0.4) is 0 Å². The lowest BCUT2D eigenvalue weighted by Crippen LogP contribution is -2.57. The van der Waals surface area contributed by atoms with Gasteiger partial charge in [-0.05, 0) is 119 Å². The number of Topliss-reactive ketones (excluding diaryl/α,β-unsaturated/α-hetero) is 1. The van der Waals surface area contributed by atoms with Crippen LogP contribution in [0.2, 0.25) is 0 Å². The fourth-order valence-electron chi connectivity index (χ4n) is 11.7. The van der Waals surface area contributed by atoms with E-state index in [-0.39, 0.29) is 52.6 Å². The summed E-state index contributed by atoms with van der Waals surface area (Å²) in [7, 11) is 0. The van der Waals surface area contributed by atoms with Crippen LogP contribution in [0.25, 0.3) is 0 Å². The van der Waals surface area contributed by atoms with Crippen molar-refractivity contribution in [3.63, 3.8) is 0 Å². The Balaban J connectivity index is 0.000000180. The van der Waals surface area contributed by atoms with Crippen molar-refractivity contribution in [2.75, 3.05) is 39.3 Å². The lowest BCUT2D eigenvalue weighted by molar-refractivity contribution is -0.275. The van der Waals surface area contributed by atoms with Gasteiger partial charge in [-0.3, -0.25) is 24.2 Å². The zero-order valence-corrected chi connectivity index (χ0v) is 34.3. The number of piperidine rings is 2. The summed E-state index contributed by atoms with van der Waals surface area (Å²) in [6, 6.07) is 18.3. The van der Waals surface area contributed by atoms with Crippen molar-refractivity contribution in [3.8, 4) is 5.75 Å². The van der Waals surface area contributed by atoms with Crippen LogP contribution in [0.5, 0.6) is 5.75 Å². The Morgan fingerprint density at radius 3 is 1.67 bits per heavy atom. The number of amides is 2. The number of nitrogens with zero attached hydrogens (tertiary/aromatic N) is 2. The van der Waals surface area contributed by atoms with Crippen LogP contribution in [0.15, 0.2) is 72.8 Å². The first kappa shape index (κ1) is 43.3. The van der Waals surface area contributed by atoms with Crippen molar-refractivity contribution < 1.29 is 46.2 Å². The zero-order chi connectivity index (χ0) is 43.0. The quantitative estimate of drug-likeness (QED) is 0.221. The summed E-state index contributed by atoms with van der Waals surface area (Å²) in [5.74, 6) is -0.473. The van der Waals surface area contributed by atoms with Gasteiger partial charge >= 0.3 is 6.36 Å². The molecule has 9 rings (SSSR count). The van der Waals surface area contributed by atoms with E-state index in [0.29, 0.717) is 70.5 Å². The summed E-state index contributed by atoms with van der Waals surface area (Å²) in [6.07, 6.45) is 4.09. The Bertz CT molecular complexity index is 2050. The van der Waals surface area contributed by atoms with Crippen molar-refractivity contribution in [3.05, 3.63) is 101 Å². The fourth-order valence-corrected chi connectivity index (χ4v) is 11.7. The normalized spacial score (nSPS) is 29.2. The largest absolute Gasteiger partial charge is 0.573 e. The molecule has 14 heteroatoms. The van der Waals surface area contributed by atoms with Crippen LogP contribution in [0.4, 0.5) is 22.0 Å². The first-order valence-corrected chi connectivity index (χ1v) is 21.9. The number of benzene rings is 3. The Labute approximate surface area is 353 Å². The summed E-state index contributed by atoms with van der Waals surface area (Å²) in [5, 5.41) is 17.9. The van der Waals surface area contributed by atoms with Crippen LogP contribution in [0.1, 0.15) is 106 Å². The van der Waals surface area contributed by atoms with E-state index in [1.807, 2.05) is 0 Å². The molecular weight excluding hydrogens is 796 g/mol. The van der Waals surface area contributed by atoms with Gasteiger partial charge in [0, 0.05) is 43.0 Å². The number of likely N-dealkylation sites (tertiary alicyclic amines) is 2. The molecule has 4 saturated heterocycles. The number of para-hydroxylation sites is 1. The molecule has 9 nitrogen and oxygen atoms in total. The van der Waals surface area contributed by atoms with E-state index in [1.165, 1.54) is 42.5 Å². The molecule has 6 aliphatic rings. The summed E-state index contributed by atoms with van der Waals surface area (Å²) in [6.45, 7) is 3.75. The SMILES string of the molecule is O=C1CCCCC1N1CCC2(CC1)C(=O)NCC2c1ccc(F)cc1.O=C1NCC(c2ccc(F)cc2)C12CCN(C1CCCCC1(O)c1ccccc1OC(F)(F)F)CC2. The van der Waals surface area contributed by atoms with E-state index in [0.717, 1.165) is 62.7 Å². The molecule has 0 aromatic heterocycles. The van der Waals surface area contributed by atoms with E-state index in [9.17, 15) is 41.4 Å². The number of ketones is 1. The minimum atomic E-state index is -4.86. The molecule has 2 amide bonds. The van der Waals surface area contributed by atoms with Crippen LogP contribution in [-0.2, 0) is 20.0 Å². The van der Waals surface area contributed by atoms with E-state index in [1.54, 1.807) is 30.3 Å². The molecule has 3 aromatic carbocycles. The number of aliphatic hydroxyl groups is 1. The maximum absolute atomic E-state index is 13.5. The summed E-state index contributed by atoms with van der Waals surface area (Å²) in [4.78, 5) is 42.4. The van der Waals surface area contributed by atoms with Crippen LogP contribution in [-0.4, -0.2) is 90.2 Å². The molecular formula is C47H55F5N4O5. The Hall–Kier alpha value is -4.40. The average Bonchev–Trinajstić information content (AvgIpc) is 3.73. The smallest absolute Gasteiger partial charge is 0.405 e. The molecule has 6 fully saturated rings. The maximum atomic E-state index is 13.5. The number of rotatable bonds is 6. The molecule has 0 bridgehead atoms. The number of carbonyl (C=O) groups is 3. The predicted molar refractivity (Wildman–Crippen MR) is 217 cm³/mol. The standard InChI is InChI=1S/C27H30F4N2O3.C20H25FN2O2/c28-19-10-8-18(9-11-19)21-17-32-24(34)25(21)13-15-33(16-14-25)23-7-3-4-12-26(23,35)20-5-1-2-6-22(20)36-27(29,30)31;21-15-7-5-14(6-8-15)16-13-22-19(25)20(16)9-11-23(12-10-20)17-3-1-2-4-18(17)24/h1-2,5-6,8-11,21,23,35H,3-4,7,12-17H2,(H,32,34);5-8,16-17H,1-4,9-13H2,(H,22,25). The molecule has 61 heavy (non-hydrogen) atoms. The van der Waals surface area contributed by atoms with Gasteiger partial charge in [0.1, 0.15) is 28.8 Å². The van der Waals surface area contributed by atoms with E-state index < -0.39 is 28.8 Å². The van der Waals surface area contributed by atoms with Crippen LogP contribution >= 0.6 is 0 Å². The van der Waals surface area contributed by atoms with Crippen LogP contribution in [0, 0.1) is 22.5 Å². The highest BCUT2D eigenvalue weighted by Gasteiger charge is 2.55. The van der Waals surface area contributed by atoms with E-state index in [4.69, 9.17) is 0 Å². The molecule has 3 N–H and O–H groups in total. The van der Waals surface area contributed by atoms with Crippen molar-refractivity contribution in [2.24, 2.45) is 10.8 Å². The van der Waals surface area contributed by atoms with Gasteiger partial charge in [0.15, 0.2) is 0 Å². The minimum absolute atomic E-state index is 0.0145. The van der Waals surface area contributed by atoms with Gasteiger partial charge in [0.05, 0.1) is 16.9 Å². The lowest BCUT2D eigenvalue weighted by atomic mass is 9.66. The third-order valence-corrected chi connectivity index (χ3v) is 14.9. The van der Waals surface area contributed by atoms with E-state index >= 15 is 0 Å². The first-order valence-electron chi connectivity index (χ1n) is 21.9. The second kappa shape index (κ2) is 17.4. The van der Waals surface area contributed by atoms with Gasteiger partial charge in [-0.2, -0.15) is 0 Å². The molecule has 0 radical (unpaired) electrons. The number of hydrogen-bond donors (Lipinski definition) is 3. The molecule has 2 aliphatic carbocycles. The van der Waals surface area contributed by atoms with Crippen LogP contribution < -0.4 is 15.4 Å². The Morgan fingerprint density at radius 2 is 1.15 bits per heavy atom. The first-order chi connectivity index (χ1) is 29.2. The van der Waals surface area contributed by atoms with Gasteiger partial charge in [-0.1, -0.05) is 61.7 Å². The second-order valence-electron chi connectivity index (χ2n) is 18.0. The molecule has 3 aromatic rings. The number of halogens is 5. The van der Waals surface area contributed by atoms with Crippen molar-refractivity contribution in [2.45, 2.75) is 113 Å². The Morgan fingerprint density at radius 1 is 0.639 bits per heavy atom. The average molecular weight is 851 g/mol. The van der Waals surface area contributed by atoms with Crippen molar-refractivity contribution in [1.29, 1.82) is 0 Å². The highest BCUT2D eigenvalue weighted by molar-refractivity contribution is 5.88. The Kier molecular flexibility index (Phi) is 12.3. The van der Waals surface area contributed by atoms with Gasteiger partial charge in [-0.25, -0.2) is 8.78 Å². The highest BCUT2D eigenvalue weighted by atomic mass is 19.4. The monoisotopic (exact) mass is 850 g/mol. The predicted octanol–water partition coefficient (Wildman–Crippen LogP) is 7.48. The third-order valence-electron chi connectivity index (χ3n) is 14.9. The van der Waals surface area contributed by atoms with Crippen molar-refractivity contribution in [1.82, 2.24) is 20.4 Å². The molecule has 5 unspecified atom stereocenters. The van der Waals surface area contributed by atoms with Gasteiger partial charge in [-0.15, -0.1) is 13.2 Å². The number of alkyl halides is 3. The second-order valence-corrected chi connectivity index (χ2v) is 18.0. The van der Waals surface area contributed by atoms with E-state index in [2.05, 4.69) is 25.2 Å². The van der Waals surface area contributed by atoms with Gasteiger partial charge in [0.25, 0.3) is 0 Å². The maximum Gasteiger partial charge on any atom is 0.573 e. The van der Waals surface area contributed by atoms with Crippen molar-refractivity contribution >= 4 is 17.6 Å². The summed E-state index contributed by atoms with van der Waals surface area (Å²) in [5.41, 5.74) is -0.448. The summed E-state index contributed by atoms with van der Waals surface area (Å²) < 4.78 is 70.3. The number of nitrogens with one attached hydrogen (secondary N) is 2. The van der Waals surface area contributed by atoms with Gasteiger partial charge in [0.2, 0.25) is 11.8 Å². The molecule has 4 heterocycles. The third kappa shape index (κ3) is 8.56. The molecule has 4 aliphatic heterocycles. The minimum Gasteiger partial charge on any atom is -0.405 e. The fraction of sp³-hybridized carbons (Fsp3) is 0.553. The topological polar surface area (TPSA) is 111 Å². The number of ether oxygens (including phenoxy) is 1. The summed E-state index contributed by atoms with van der Waals surface area (Å²) >= 11 is 0. The number of carbonyl (C=O) groups excluding carboxylic acids is 3. The molecule has 5 atom stereocenters. The molecule has 2 saturated carbocycles. The molecule has 328 valence electrons.